The Morgan fingerprint density at radius 3 is 2.71 bits per heavy atom. The molecule has 21 heavy (non-hydrogen) atoms. The van der Waals surface area contributed by atoms with Crippen LogP contribution in [0, 0.1) is 0 Å². The van der Waals surface area contributed by atoms with Gasteiger partial charge in [-0.15, -0.1) is 11.8 Å². The summed E-state index contributed by atoms with van der Waals surface area (Å²) < 4.78 is 1.06. The predicted octanol–water partition coefficient (Wildman–Crippen LogP) is 4.82. The van der Waals surface area contributed by atoms with E-state index in [1.165, 1.54) is 0 Å². The molecule has 0 amide bonds. The summed E-state index contributed by atoms with van der Waals surface area (Å²) in [5.41, 5.74) is 0.958. The van der Waals surface area contributed by atoms with Crippen molar-refractivity contribution in [1.29, 1.82) is 0 Å². The van der Waals surface area contributed by atoms with Crippen LogP contribution in [0.2, 0.25) is 0 Å². The molecule has 2 nitrogen and oxygen atoms in total. The van der Waals surface area contributed by atoms with Gasteiger partial charge in [0, 0.05) is 32.9 Å². The SMILES string of the molecule is OC(CSc1ccc(Br)cc1)c1cccc2cnccc12. The van der Waals surface area contributed by atoms with Crippen LogP contribution >= 0.6 is 27.7 Å². The standard InChI is InChI=1S/C17H14BrNOS/c18-13-4-6-14(7-5-13)21-11-17(20)16-3-1-2-12-10-19-9-8-15(12)16/h1-10,17,20H,11H2. The molecule has 0 aliphatic rings. The van der Waals surface area contributed by atoms with Gasteiger partial charge in [-0.2, -0.15) is 0 Å². The van der Waals surface area contributed by atoms with Crippen molar-refractivity contribution in [2.45, 2.75) is 11.0 Å². The molecule has 1 N–H and O–H groups in total. The highest BCUT2D eigenvalue weighted by atomic mass is 79.9. The molecule has 0 bridgehead atoms. The maximum absolute atomic E-state index is 10.5. The van der Waals surface area contributed by atoms with Crippen molar-refractivity contribution in [3.63, 3.8) is 0 Å². The van der Waals surface area contributed by atoms with E-state index in [1.807, 2.05) is 42.6 Å². The van der Waals surface area contributed by atoms with E-state index in [9.17, 15) is 5.11 Å². The van der Waals surface area contributed by atoms with Crippen LogP contribution in [-0.4, -0.2) is 15.8 Å². The van der Waals surface area contributed by atoms with Crippen LogP contribution in [0.5, 0.6) is 0 Å². The molecule has 4 heteroatoms. The van der Waals surface area contributed by atoms with E-state index < -0.39 is 6.10 Å². The number of benzene rings is 2. The molecule has 1 atom stereocenters. The minimum Gasteiger partial charge on any atom is -0.388 e. The molecule has 0 fully saturated rings. The van der Waals surface area contributed by atoms with Crippen molar-refractivity contribution >= 4 is 38.5 Å². The lowest BCUT2D eigenvalue weighted by Crippen LogP contribution is -2.01. The van der Waals surface area contributed by atoms with Gasteiger partial charge in [-0.25, -0.2) is 0 Å². The van der Waals surface area contributed by atoms with Crippen molar-refractivity contribution in [1.82, 2.24) is 4.98 Å². The maximum Gasteiger partial charge on any atom is 0.0889 e. The van der Waals surface area contributed by atoms with Crippen molar-refractivity contribution in [3.05, 3.63) is 71.0 Å². The molecule has 1 heterocycles. The molecule has 0 aliphatic heterocycles. The first kappa shape index (κ1) is 14.6. The first-order chi connectivity index (χ1) is 10.2. The number of hydrogen-bond donors (Lipinski definition) is 1. The molecular formula is C17H14BrNOS. The number of nitrogens with zero attached hydrogens (tertiary/aromatic N) is 1. The van der Waals surface area contributed by atoms with E-state index in [0.29, 0.717) is 5.75 Å². The molecule has 106 valence electrons. The Balaban J connectivity index is 1.78. The number of thioether (sulfide) groups is 1. The number of halogens is 1. The Hall–Kier alpha value is -1.36. The Morgan fingerprint density at radius 2 is 1.90 bits per heavy atom. The number of aliphatic hydroxyl groups excluding tert-OH is 1. The molecule has 0 aliphatic carbocycles. The third-order valence-electron chi connectivity index (χ3n) is 3.29. The average Bonchev–Trinajstić information content (AvgIpc) is 2.53. The van der Waals surface area contributed by atoms with Crippen molar-refractivity contribution in [2.75, 3.05) is 5.75 Å². The summed E-state index contributed by atoms with van der Waals surface area (Å²) in [6.45, 7) is 0. The van der Waals surface area contributed by atoms with Gasteiger partial charge in [-0.3, -0.25) is 4.98 Å². The fourth-order valence-electron chi connectivity index (χ4n) is 2.23. The zero-order valence-electron chi connectivity index (χ0n) is 11.2. The third kappa shape index (κ3) is 3.46. The van der Waals surface area contributed by atoms with Gasteiger partial charge in [0.25, 0.3) is 0 Å². The molecule has 1 unspecified atom stereocenters. The minimum atomic E-state index is -0.496. The van der Waals surface area contributed by atoms with E-state index in [0.717, 1.165) is 25.7 Å². The lowest BCUT2D eigenvalue weighted by atomic mass is 10.0. The molecule has 2 aromatic carbocycles. The van der Waals surface area contributed by atoms with E-state index in [-0.39, 0.29) is 0 Å². The van der Waals surface area contributed by atoms with Gasteiger partial charge in [0.1, 0.15) is 0 Å². The second kappa shape index (κ2) is 6.60. The molecule has 0 saturated heterocycles. The highest BCUT2D eigenvalue weighted by Gasteiger charge is 2.11. The van der Waals surface area contributed by atoms with Gasteiger partial charge in [0.05, 0.1) is 6.10 Å². The van der Waals surface area contributed by atoms with Gasteiger partial charge in [-0.05, 0) is 41.3 Å². The fraction of sp³-hybridized carbons (Fsp3) is 0.118. The Labute approximate surface area is 136 Å². The summed E-state index contributed by atoms with van der Waals surface area (Å²) in [4.78, 5) is 5.28. The first-order valence-electron chi connectivity index (χ1n) is 6.63. The summed E-state index contributed by atoms with van der Waals surface area (Å²) in [5, 5.41) is 12.6. The highest BCUT2D eigenvalue weighted by molar-refractivity contribution is 9.10. The van der Waals surface area contributed by atoms with Crippen LogP contribution in [0.3, 0.4) is 0 Å². The predicted molar refractivity (Wildman–Crippen MR) is 91.6 cm³/mol. The van der Waals surface area contributed by atoms with Crippen molar-refractivity contribution < 1.29 is 5.11 Å². The number of rotatable bonds is 4. The number of aromatic nitrogens is 1. The summed E-state index contributed by atoms with van der Waals surface area (Å²) >= 11 is 5.08. The van der Waals surface area contributed by atoms with E-state index in [4.69, 9.17) is 0 Å². The molecule has 0 spiro atoms. The van der Waals surface area contributed by atoms with Crippen LogP contribution < -0.4 is 0 Å². The van der Waals surface area contributed by atoms with Crippen LogP contribution in [0.15, 0.2) is 70.3 Å². The van der Waals surface area contributed by atoms with Gasteiger partial charge in [0.2, 0.25) is 0 Å². The van der Waals surface area contributed by atoms with Gasteiger partial charge >= 0.3 is 0 Å². The monoisotopic (exact) mass is 359 g/mol. The van der Waals surface area contributed by atoms with Crippen LogP contribution in [0.25, 0.3) is 10.8 Å². The Bertz CT molecular complexity index is 740. The van der Waals surface area contributed by atoms with Gasteiger partial charge in [0.15, 0.2) is 0 Å². The lowest BCUT2D eigenvalue weighted by Gasteiger charge is -2.13. The number of fused-ring (bicyclic) bond motifs is 1. The van der Waals surface area contributed by atoms with Gasteiger partial charge in [-0.1, -0.05) is 34.1 Å². The van der Waals surface area contributed by atoms with E-state index in [1.54, 1.807) is 18.0 Å². The molecule has 3 rings (SSSR count). The first-order valence-corrected chi connectivity index (χ1v) is 8.41. The lowest BCUT2D eigenvalue weighted by molar-refractivity contribution is 0.205. The van der Waals surface area contributed by atoms with Crippen molar-refractivity contribution in [2.24, 2.45) is 0 Å². The quantitative estimate of drug-likeness (QED) is 0.677. The minimum absolute atomic E-state index is 0.496. The molecule has 1 aromatic heterocycles. The van der Waals surface area contributed by atoms with Crippen LogP contribution in [0.1, 0.15) is 11.7 Å². The summed E-state index contributed by atoms with van der Waals surface area (Å²) in [6, 6.07) is 16.0. The largest absolute Gasteiger partial charge is 0.388 e. The number of aliphatic hydroxyl groups is 1. The summed E-state index contributed by atoms with van der Waals surface area (Å²) in [7, 11) is 0. The normalized spacial score (nSPS) is 12.5. The Morgan fingerprint density at radius 1 is 1.10 bits per heavy atom. The highest BCUT2D eigenvalue weighted by Crippen LogP contribution is 2.29. The maximum atomic E-state index is 10.5. The average molecular weight is 360 g/mol. The second-order valence-electron chi connectivity index (χ2n) is 4.72. The molecule has 0 saturated carbocycles. The second-order valence-corrected chi connectivity index (χ2v) is 6.73. The summed E-state index contributed by atoms with van der Waals surface area (Å²) in [5.74, 6) is 0.628. The summed E-state index contributed by atoms with van der Waals surface area (Å²) in [6.07, 6.45) is 3.10. The van der Waals surface area contributed by atoms with E-state index in [2.05, 4.69) is 33.0 Å². The smallest absolute Gasteiger partial charge is 0.0889 e. The number of hydrogen-bond acceptors (Lipinski definition) is 3. The Kier molecular flexibility index (Phi) is 4.58. The van der Waals surface area contributed by atoms with Crippen LogP contribution in [0.4, 0.5) is 0 Å². The van der Waals surface area contributed by atoms with Gasteiger partial charge < -0.3 is 5.11 Å². The van der Waals surface area contributed by atoms with E-state index >= 15 is 0 Å². The topological polar surface area (TPSA) is 33.1 Å². The molecule has 0 radical (unpaired) electrons. The molecule has 3 aromatic rings. The van der Waals surface area contributed by atoms with Crippen LogP contribution in [-0.2, 0) is 0 Å². The zero-order chi connectivity index (χ0) is 14.7. The third-order valence-corrected chi connectivity index (χ3v) is 4.91. The number of pyridine rings is 1. The zero-order valence-corrected chi connectivity index (χ0v) is 13.6. The molecular weight excluding hydrogens is 346 g/mol. The fourth-order valence-corrected chi connectivity index (χ4v) is 3.36. The van der Waals surface area contributed by atoms with Crippen molar-refractivity contribution in [3.8, 4) is 0 Å².